The minimum atomic E-state index is -3.68. The predicted molar refractivity (Wildman–Crippen MR) is 118 cm³/mol. The molecule has 0 unspecified atom stereocenters. The van der Waals surface area contributed by atoms with Gasteiger partial charge in [-0.15, -0.1) is 11.3 Å². The van der Waals surface area contributed by atoms with E-state index in [9.17, 15) is 13.2 Å². The Balaban J connectivity index is 1.46. The molecule has 4 rings (SSSR count). The maximum atomic E-state index is 12.4. The molecule has 4 aromatic rings. The summed E-state index contributed by atoms with van der Waals surface area (Å²) in [7, 11) is -3.68. The number of nitrogens with one attached hydrogen (secondary N) is 3. The van der Waals surface area contributed by atoms with E-state index in [0.29, 0.717) is 34.8 Å². The number of aryl methyl sites for hydroxylation is 1. The molecule has 154 valence electrons. The number of hydrogen-bond donors (Lipinski definition) is 3. The van der Waals surface area contributed by atoms with E-state index in [0.717, 1.165) is 11.3 Å². The van der Waals surface area contributed by atoms with Crippen molar-refractivity contribution in [2.24, 2.45) is 0 Å². The van der Waals surface area contributed by atoms with Crippen molar-refractivity contribution in [3.8, 4) is 0 Å². The second-order valence-electron chi connectivity index (χ2n) is 6.54. The molecule has 0 aliphatic heterocycles. The van der Waals surface area contributed by atoms with E-state index in [4.69, 9.17) is 0 Å². The van der Waals surface area contributed by atoms with Crippen LogP contribution in [0.5, 0.6) is 0 Å². The summed E-state index contributed by atoms with van der Waals surface area (Å²) in [5, 5.41) is 5.80. The Hall–Kier alpha value is -3.24. The fraction of sp³-hybridized carbons (Fsp3) is 0.150. The molecular weight excluding hydrogens is 422 g/mol. The topological polar surface area (TPSA) is 117 Å². The van der Waals surface area contributed by atoms with Gasteiger partial charge in [0.2, 0.25) is 0 Å². The second-order valence-corrected chi connectivity index (χ2v) is 9.12. The Labute approximate surface area is 177 Å². The average molecular weight is 442 g/mol. The highest BCUT2D eigenvalue weighted by Crippen LogP contribution is 2.20. The third-order valence-corrected chi connectivity index (χ3v) is 6.64. The van der Waals surface area contributed by atoms with Crippen LogP contribution in [0.3, 0.4) is 0 Å². The molecule has 30 heavy (non-hydrogen) atoms. The van der Waals surface area contributed by atoms with Gasteiger partial charge in [0.05, 0.1) is 15.8 Å². The van der Waals surface area contributed by atoms with Crippen molar-refractivity contribution in [3.05, 3.63) is 75.8 Å². The molecule has 0 amide bonds. The number of hydrogen-bond acceptors (Lipinski definition) is 7. The molecule has 10 heteroatoms. The Morgan fingerprint density at radius 3 is 2.63 bits per heavy atom. The van der Waals surface area contributed by atoms with Crippen LogP contribution in [0.1, 0.15) is 18.3 Å². The zero-order valence-electron chi connectivity index (χ0n) is 16.0. The minimum absolute atomic E-state index is 0.151. The normalized spacial score (nSPS) is 11.5. The van der Waals surface area contributed by atoms with Gasteiger partial charge in [0.25, 0.3) is 15.6 Å². The first-order valence-corrected chi connectivity index (χ1v) is 11.6. The Morgan fingerprint density at radius 2 is 1.93 bits per heavy atom. The highest BCUT2D eigenvalue weighted by molar-refractivity contribution is 7.93. The molecule has 0 radical (unpaired) electrons. The predicted octanol–water partition coefficient (Wildman–Crippen LogP) is 3.35. The van der Waals surface area contributed by atoms with Crippen molar-refractivity contribution in [1.82, 2.24) is 15.0 Å². The molecule has 0 spiro atoms. The van der Waals surface area contributed by atoms with E-state index in [-0.39, 0.29) is 10.5 Å². The molecule has 8 nitrogen and oxygen atoms in total. The van der Waals surface area contributed by atoms with Crippen molar-refractivity contribution in [1.29, 1.82) is 0 Å². The summed E-state index contributed by atoms with van der Waals surface area (Å²) in [6.45, 7) is 2.42. The monoisotopic (exact) mass is 441 g/mol. The van der Waals surface area contributed by atoms with Gasteiger partial charge in [0.15, 0.2) is 5.13 Å². The zero-order chi connectivity index (χ0) is 21.1. The van der Waals surface area contributed by atoms with Crippen molar-refractivity contribution < 1.29 is 8.42 Å². The minimum Gasteiger partial charge on any atom is -0.381 e. The van der Waals surface area contributed by atoms with Gasteiger partial charge in [-0.25, -0.2) is 18.4 Å². The lowest BCUT2D eigenvalue weighted by Crippen LogP contribution is -2.13. The first-order valence-electron chi connectivity index (χ1n) is 9.23. The fourth-order valence-electron chi connectivity index (χ4n) is 2.92. The van der Waals surface area contributed by atoms with Crippen LogP contribution in [0.15, 0.2) is 63.7 Å². The van der Waals surface area contributed by atoms with E-state index in [1.54, 1.807) is 17.5 Å². The molecule has 0 saturated heterocycles. The Kier molecular flexibility index (Phi) is 5.51. The molecule has 0 fully saturated rings. The van der Waals surface area contributed by atoms with E-state index >= 15 is 0 Å². The number of benzene rings is 2. The van der Waals surface area contributed by atoms with Crippen LogP contribution in [0.4, 0.5) is 10.8 Å². The summed E-state index contributed by atoms with van der Waals surface area (Å²) in [5.74, 6) is 0.665. The molecule has 0 bridgehead atoms. The van der Waals surface area contributed by atoms with Crippen molar-refractivity contribution in [3.63, 3.8) is 0 Å². The van der Waals surface area contributed by atoms with Gasteiger partial charge in [0.1, 0.15) is 5.82 Å². The van der Waals surface area contributed by atoms with Crippen LogP contribution >= 0.6 is 11.3 Å². The van der Waals surface area contributed by atoms with Crippen LogP contribution < -0.4 is 15.6 Å². The summed E-state index contributed by atoms with van der Waals surface area (Å²) in [5.41, 5.74) is 2.19. The number of rotatable bonds is 7. The molecule has 2 aromatic heterocycles. The number of thiazole rings is 1. The summed E-state index contributed by atoms with van der Waals surface area (Å²) in [6, 6.07) is 12.0. The summed E-state index contributed by atoms with van der Waals surface area (Å²) in [4.78, 5) is 23.5. The molecular formula is C20H19N5O3S2. The van der Waals surface area contributed by atoms with E-state index in [1.807, 2.05) is 25.1 Å². The van der Waals surface area contributed by atoms with Crippen molar-refractivity contribution in [2.45, 2.75) is 24.8 Å². The van der Waals surface area contributed by atoms with Gasteiger partial charge < -0.3 is 10.3 Å². The Bertz CT molecular complexity index is 1330. The lowest BCUT2D eigenvalue weighted by Gasteiger charge is -2.09. The van der Waals surface area contributed by atoms with Gasteiger partial charge >= 0.3 is 0 Å². The zero-order valence-corrected chi connectivity index (χ0v) is 17.7. The number of anilines is 2. The van der Waals surface area contributed by atoms with Gasteiger partial charge in [0, 0.05) is 30.2 Å². The summed E-state index contributed by atoms with van der Waals surface area (Å²) in [6.07, 6.45) is 2.20. The van der Waals surface area contributed by atoms with E-state index in [1.165, 1.54) is 29.7 Å². The van der Waals surface area contributed by atoms with Gasteiger partial charge in [-0.1, -0.05) is 13.0 Å². The average Bonchev–Trinajstić information content (AvgIpc) is 3.25. The van der Waals surface area contributed by atoms with E-state index < -0.39 is 10.0 Å². The second kappa shape index (κ2) is 8.25. The van der Waals surface area contributed by atoms with Crippen LogP contribution in [0, 0.1) is 0 Å². The number of fused-ring (bicyclic) bond motifs is 1. The van der Waals surface area contributed by atoms with Crippen LogP contribution in [0.2, 0.25) is 0 Å². The molecule has 2 aromatic carbocycles. The van der Waals surface area contributed by atoms with Gasteiger partial charge in [-0.05, 0) is 42.0 Å². The van der Waals surface area contributed by atoms with E-state index in [2.05, 4.69) is 25.0 Å². The smallest absolute Gasteiger partial charge is 0.263 e. The molecule has 0 atom stereocenters. The number of H-pyrrole nitrogens is 1. The number of aromatic nitrogens is 3. The van der Waals surface area contributed by atoms with Gasteiger partial charge in [-0.2, -0.15) is 0 Å². The third kappa shape index (κ3) is 4.34. The quantitative estimate of drug-likeness (QED) is 0.405. The molecule has 0 saturated carbocycles. The van der Waals surface area contributed by atoms with Gasteiger partial charge in [-0.3, -0.25) is 9.52 Å². The molecule has 3 N–H and O–H groups in total. The lowest BCUT2D eigenvalue weighted by molar-refractivity contribution is 0.601. The highest BCUT2D eigenvalue weighted by Gasteiger charge is 2.15. The fourth-order valence-corrected chi connectivity index (χ4v) is 4.70. The first kappa shape index (κ1) is 20.0. The molecule has 0 aliphatic carbocycles. The van der Waals surface area contributed by atoms with Crippen LogP contribution in [0.25, 0.3) is 10.9 Å². The standard InChI is InChI=1S/C20H19N5O3S2/c1-2-18-23-17-8-3-13(11-16(17)19(26)24-18)12-22-14-4-6-15(7-5-14)30(27,28)25-20-21-9-10-29-20/h3-11,22H,2,12H2,1H3,(H,21,25)(H,23,24,26). The number of sulfonamides is 1. The van der Waals surface area contributed by atoms with Crippen molar-refractivity contribution >= 4 is 43.1 Å². The first-order chi connectivity index (χ1) is 14.4. The largest absolute Gasteiger partial charge is 0.381 e. The number of nitrogens with zero attached hydrogens (tertiary/aromatic N) is 2. The van der Waals surface area contributed by atoms with Crippen LogP contribution in [-0.4, -0.2) is 23.4 Å². The Morgan fingerprint density at radius 1 is 1.13 bits per heavy atom. The maximum Gasteiger partial charge on any atom is 0.263 e. The lowest BCUT2D eigenvalue weighted by atomic mass is 10.1. The summed E-state index contributed by atoms with van der Waals surface area (Å²) < 4.78 is 27.2. The van der Waals surface area contributed by atoms with Crippen LogP contribution in [-0.2, 0) is 23.0 Å². The maximum absolute atomic E-state index is 12.4. The highest BCUT2D eigenvalue weighted by atomic mass is 32.2. The van der Waals surface area contributed by atoms with Crippen molar-refractivity contribution in [2.75, 3.05) is 10.0 Å². The molecule has 0 aliphatic rings. The summed E-state index contributed by atoms with van der Waals surface area (Å²) >= 11 is 1.21. The third-order valence-electron chi connectivity index (χ3n) is 4.47. The number of aromatic amines is 1. The SMILES string of the molecule is CCc1nc2ccc(CNc3ccc(S(=O)(=O)Nc4nccs4)cc3)cc2c(=O)[nH]1. The molecule has 2 heterocycles.